The third-order valence-corrected chi connectivity index (χ3v) is 3.06. The van der Waals surface area contributed by atoms with Crippen molar-refractivity contribution < 1.29 is 14.6 Å². The van der Waals surface area contributed by atoms with Gasteiger partial charge in [0.25, 0.3) is 5.91 Å². The van der Waals surface area contributed by atoms with Crippen LogP contribution in [0.1, 0.15) is 45.8 Å². The van der Waals surface area contributed by atoms with Crippen molar-refractivity contribution in [2.45, 2.75) is 46.3 Å². The van der Waals surface area contributed by atoms with Gasteiger partial charge in [0.2, 0.25) is 0 Å². The average molecular weight is 279 g/mol. The van der Waals surface area contributed by atoms with Crippen molar-refractivity contribution in [2.24, 2.45) is 5.92 Å². The van der Waals surface area contributed by atoms with E-state index in [1.54, 1.807) is 26.0 Å². The van der Waals surface area contributed by atoms with Crippen molar-refractivity contribution in [1.82, 2.24) is 5.32 Å². The summed E-state index contributed by atoms with van der Waals surface area (Å²) in [5.41, 5.74) is 0.689. The number of amides is 1. The Morgan fingerprint density at radius 1 is 1.25 bits per heavy atom. The lowest BCUT2D eigenvalue weighted by Crippen LogP contribution is -2.37. The lowest BCUT2D eigenvalue weighted by atomic mass is 10.1. The molecular formula is C16H25NO3. The Morgan fingerprint density at radius 3 is 2.50 bits per heavy atom. The fraction of sp³-hybridized carbons (Fsp3) is 0.562. The highest BCUT2D eigenvalue weighted by Crippen LogP contribution is 2.25. The Bertz CT molecular complexity index is 429. The molecule has 4 heteroatoms. The molecule has 0 saturated carbocycles. The fourth-order valence-electron chi connectivity index (χ4n) is 1.80. The first kappa shape index (κ1) is 16.5. The smallest absolute Gasteiger partial charge is 0.260 e. The quantitative estimate of drug-likeness (QED) is 0.806. The van der Waals surface area contributed by atoms with Crippen LogP contribution in [0, 0.1) is 5.92 Å². The van der Waals surface area contributed by atoms with E-state index >= 15 is 0 Å². The molecule has 0 fully saturated rings. The van der Waals surface area contributed by atoms with Gasteiger partial charge < -0.3 is 15.2 Å². The molecule has 1 aromatic rings. The van der Waals surface area contributed by atoms with Gasteiger partial charge in [-0.25, -0.2) is 0 Å². The molecule has 0 bridgehead atoms. The number of rotatable bonds is 7. The summed E-state index contributed by atoms with van der Waals surface area (Å²) in [6.45, 7) is 8.28. The lowest BCUT2D eigenvalue weighted by Gasteiger charge is -2.18. The maximum atomic E-state index is 11.9. The molecule has 0 radical (unpaired) electrons. The van der Waals surface area contributed by atoms with E-state index in [9.17, 15) is 9.90 Å². The van der Waals surface area contributed by atoms with Crippen LogP contribution in [0.3, 0.4) is 0 Å². The summed E-state index contributed by atoms with van der Waals surface area (Å²) in [5, 5.41) is 12.5. The number of ether oxygens (including phenoxy) is 1. The number of para-hydroxylation sites is 1. The van der Waals surface area contributed by atoms with Gasteiger partial charge >= 0.3 is 0 Å². The highest BCUT2D eigenvalue weighted by atomic mass is 16.5. The minimum atomic E-state index is -0.623. The molecule has 0 aliphatic carbocycles. The van der Waals surface area contributed by atoms with Crippen molar-refractivity contribution in [1.29, 1.82) is 0 Å². The molecule has 2 atom stereocenters. The van der Waals surface area contributed by atoms with E-state index in [2.05, 4.69) is 19.2 Å². The van der Waals surface area contributed by atoms with Crippen LogP contribution in [0.25, 0.3) is 0 Å². The summed E-state index contributed by atoms with van der Waals surface area (Å²) in [5.74, 6) is 0.975. The number of hydrogen-bond donors (Lipinski definition) is 2. The largest absolute Gasteiger partial charge is 0.481 e. The van der Waals surface area contributed by atoms with Crippen LogP contribution in [0.2, 0.25) is 0 Å². The van der Waals surface area contributed by atoms with E-state index in [4.69, 9.17) is 4.74 Å². The topological polar surface area (TPSA) is 58.6 Å². The standard InChI is InChI=1S/C16H25NO3/c1-11(2)9-10-17-16(19)13(4)20-15-8-6-5-7-14(15)12(3)18/h5-8,11-13,18H,9-10H2,1-4H3,(H,17,19)/t12-,13?/m1/s1. The normalized spacial score (nSPS) is 13.9. The predicted molar refractivity (Wildman–Crippen MR) is 79.6 cm³/mol. The summed E-state index contributed by atoms with van der Waals surface area (Å²) in [6.07, 6.45) is -0.257. The number of nitrogens with one attached hydrogen (secondary N) is 1. The number of aliphatic hydroxyl groups excluding tert-OH is 1. The average Bonchev–Trinajstić information content (AvgIpc) is 2.38. The van der Waals surface area contributed by atoms with Gasteiger partial charge in [-0.15, -0.1) is 0 Å². The number of aliphatic hydroxyl groups is 1. The zero-order valence-electron chi connectivity index (χ0n) is 12.7. The third kappa shape index (κ3) is 5.21. The minimum absolute atomic E-state index is 0.133. The molecule has 0 spiro atoms. The molecule has 0 heterocycles. The lowest BCUT2D eigenvalue weighted by molar-refractivity contribution is -0.127. The van der Waals surface area contributed by atoms with Gasteiger partial charge in [-0.3, -0.25) is 4.79 Å². The minimum Gasteiger partial charge on any atom is -0.481 e. The van der Waals surface area contributed by atoms with Gasteiger partial charge in [0, 0.05) is 12.1 Å². The van der Waals surface area contributed by atoms with E-state index in [1.165, 1.54) is 0 Å². The number of carbonyl (C=O) groups excluding carboxylic acids is 1. The van der Waals surface area contributed by atoms with E-state index in [1.807, 2.05) is 12.1 Å². The zero-order valence-corrected chi connectivity index (χ0v) is 12.7. The first-order valence-corrected chi connectivity index (χ1v) is 7.13. The number of benzene rings is 1. The Balaban J connectivity index is 2.57. The Kier molecular flexibility index (Phi) is 6.52. The molecule has 1 unspecified atom stereocenters. The van der Waals surface area contributed by atoms with Gasteiger partial charge in [0.15, 0.2) is 6.10 Å². The summed E-state index contributed by atoms with van der Waals surface area (Å²) < 4.78 is 5.65. The molecule has 0 aromatic heterocycles. The molecule has 1 amide bonds. The number of hydrogen-bond acceptors (Lipinski definition) is 3. The maximum absolute atomic E-state index is 11.9. The molecule has 0 saturated heterocycles. The first-order chi connectivity index (χ1) is 9.41. The van der Waals surface area contributed by atoms with E-state index in [0.29, 0.717) is 23.8 Å². The monoisotopic (exact) mass is 279 g/mol. The van der Waals surface area contributed by atoms with Gasteiger partial charge in [0.1, 0.15) is 5.75 Å². The molecular weight excluding hydrogens is 254 g/mol. The second-order valence-electron chi connectivity index (χ2n) is 5.45. The predicted octanol–water partition coefficient (Wildman–Crippen LogP) is 2.67. The van der Waals surface area contributed by atoms with Crippen LogP contribution >= 0.6 is 0 Å². The number of carbonyl (C=O) groups is 1. The van der Waals surface area contributed by atoms with Crippen LogP contribution in [0.5, 0.6) is 5.75 Å². The Labute approximate surface area is 121 Å². The van der Waals surface area contributed by atoms with Crippen molar-refractivity contribution in [2.75, 3.05) is 6.54 Å². The third-order valence-electron chi connectivity index (χ3n) is 3.06. The van der Waals surface area contributed by atoms with Crippen molar-refractivity contribution in [3.05, 3.63) is 29.8 Å². The first-order valence-electron chi connectivity index (χ1n) is 7.13. The molecule has 2 N–H and O–H groups in total. The molecule has 1 aromatic carbocycles. The molecule has 20 heavy (non-hydrogen) atoms. The van der Waals surface area contributed by atoms with Crippen LogP contribution in [-0.2, 0) is 4.79 Å². The molecule has 0 aliphatic heterocycles. The van der Waals surface area contributed by atoms with Gasteiger partial charge in [-0.05, 0) is 32.3 Å². The second kappa shape index (κ2) is 7.90. The highest BCUT2D eigenvalue weighted by Gasteiger charge is 2.17. The summed E-state index contributed by atoms with van der Waals surface area (Å²) in [4.78, 5) is 11.9. The fourth-order valence-corrected chi connectivity index (χ4v) is 1.80. The van der Waals surface area contributed by atoms with Crippen LogP contribution in [0.4, 0.5) is 0 Å². The van der Waals surface area contributed by atoms with Gasteiger partial charge in [-0.1, -0.05) is 32.0 Å². The van der Waals surface area contributed by atoms with Crippen LogP contribution in [0.15, 0.2) is 24.3 Å². The van der Waals surface area contributed by atoms with Crippen LogP contribution in [-0.4, -0.2) is 23.7 Å². The molecule has 1 rings (SSSR count). The highest BCUT2D eigenvalue weighted by molar-refractivity contribution is 5.80. The molecule has 0 aliphatic rings. The molecule has 4 nitrogen and oxygen atoms in total. The van der Waals surface area contributed by atoms with Crippen molar-refractivity contribution in [3.63, 3.8) is 0 Å². The SMILES string of the molecule is CC(C)CCNC(=O)C(C)Oc1ccccc1[C@@H](C)O. The summed E-state index contributed by atoms with van der Waals surface area (Å²) >= 11 is 0. The van der Waals surface area contributed by atoms with E-state index in [-0.39, 0.29) is 5.91 Å². The van der Waals surface area contributed by atoms with Crippen molar-refractivity contribution in [3.8, 4) is 5.75 Å². The van der Waals surface area contributed by atoms with Gasteiger partial charge in [-0.2, -0.15) is 0 Å². The van der Waals surface area contributed by atoms with E-state index < -0.39 is 12.2 Å². The maximum Gasteiger partial charge on any atom is 0.260 e. The molecule has 112 valence electrons. The second-order valence-corrected chi connectivity index (χ2v) is 5.45. The Hall–Kier alpha value is -1.55. The van der Waals surface area contributed by atoms with E-state index in [0.717, 1.165) is 6.42 Å². The summed E-state index contributed by atoms with van der Waals surface area (Å²) in [6, 6.07) is 7.22. The Morgan fingerprint density at radius 2 is 1.90 bits per heavy atom. The van der Waals surface area contributed by atoms with Crippen molar-refractivity contribution >= 4 is 5.91 Å². The van der Waals surface area contributed by atoms with Gasteiger partial charge in [0.05, 0.1) is 6.10 Å². The zero-order chi connectivity index (χ0) is 15.1. The summed E-state index contributed by atoms with van der Waals surface area (Å²) in [7, 11) is 0. The van der Waals surface area contributed by atoms with Crippen LogP contribution < -0.4 is 10.1 Å².